The summed E-state index contributed by atoms with van der Waals surface area (Å²) in [5.74, 6) is 0.130. The predicted molar refractivity (Wildman–Crippen MR) is 52.3 cm³/mol. The van der Waals surface area contributed by atoms with Gasteiger partial charge < -0.3 is 15.2 Å². The zero-order valence-corrected chi connectivity index (χ0v) is 8.84. The molecule has 1 aromatic carbocycles. The fraction of sp³-hybridized carbons (Fsp3) is 0.400. The smallest absolute Gasteiger partial charge is 0.496 e. The van der Waals surface area contributed by atoms with Gasteiger partial charge in [-0.05, 0) is 25.1 Å². The fourth-order valence-electron chi connectivity index (χ4n) is 1.27. The zero-order chi connectivity index (χ0) is 12.3. The minimum atomic E-state index is -4.70. The van der Waals surface area contributed by atoms with E-state index >= 15 is 0 Å². The summed E-state index contributed by atoms with van der Waals surface area (Å²) in [6, 6.07) is 3.35. The molecule has 2 N–H and O–H groups in total. The van der Waals surface area contributed by atoms with E-state index in [2.05, 4.69) is 4.74 Å². The van der Waals surface area contributed by atoms with Crippen LogP contribution in [0.15, 0.2) is 18.2 Å². The van der Waals surface area contributed by atoms with Crippen LogP contribution >= 0.6 is 0 Å². The van der Waals surface area contributed by atoms with Gasteiger partial charge in [-0.15, -0.1) is 13.2 Å². The molecule has 1 atom stereocenters. The van der Waals surface area contributed by atoms with Gasteiger partial charge in [0.1, 0.15) is 11.5 Å². The minimum absolute atomic E-state index is 0.305. The molecule has 0 unspecified atom stereocenters. The van der Waals surface area contributed by atoms with E-state index in [0.29, 0.717) is 11.3 Å². The molecule has 0 aliphatic carbocycles. The van der Waals surface area contributed by atoms with Gasteiger partial charge in [-0.2, -0.15) is 0 Å². The number of rotatable bonds is 3. The first kappa shape index (κ1) is 12.6. The van der Waals surface area contributed by atoms with Crippen LogP contribution in [0.5, 0.6) is 11.5 Å². The van der Waals surface area contributed by atoms with E-state index in [1.165, 1.54) is 25.3 Å². The van der Waals surface area contributed by atoms with E-state index in [9.17, 15) is 13.2 Å². The SMILES string of the molecule is COc1ccc(OC(F)(F)F)cc1[C@H](C)N. The van der Waals surface area contributed by atoms with Crippen LogP contribution in [-0.2, 0) is 0 Å². The molecule has 0 saturated heterocycles. The quantitative estimate of drug-likeness (QED) is 0.875. The molecule has 0 aromatic heterocycles. The van der Waals surface area contributed by atoms with Gasteiger partial charge in [0.25, 0.3) is 0 Å². The lowest BCUT2D eigenvalue weighted by atomic mass is 10.1. The summed E-state index contributed by atoms with van der Waals surface area (Å²) in [5, 5.41) is 0. The van der Waals surface area contributed by atoms with Gasteiger partial charge in [-0.3, -0.25) is 0 Å². The summed E-state index contributed by atoms with van der Waals surface area (Å²) >= 11 is 0. The molecule has 16 heavy (non-hydrogen) atoms. The summed E-state index contributed by atoms with van der Waals surface area (Å²) in [7, 11) is 1.42. The zero-order valence-electron chi connectivity index (χ0n) is 8.84. The van der Waals surface area contributed by atoms with Crippen molar-refractivity contribution in [3.05, 3.63) is 23.8 Å². The van der Waals surface area contributed by atoms with Crippen molar-refractivity contribution < 1.29 is 22.6 Å². The van der Waals surface area contributed by atoms with Crippen LogP contribution in [0.1, 0.15) is 18.5 Å². The van der Waals surface area contributed by atoms with Crippen molar-refractivity contribution in [2.24, 2.45) is 5.73 Å². The van der Waals surface area contributed by atoms with Gasteiger partial charge in [0.05, 0.1) is 7.11 Å². The summed E-state index contributed by atoms with van der Waals surface area (Å²) in [6.45, 7) is 1.65. The molecule has 0 saturated carbocycles. The van der Waals surface area contributed by atoms with E-state index in [1.54, 1.807) is 6.92 Å². The van der Waals surface area contributed by atoms with Gasteiger partial charge in [-0.1, -0.05) is 0 Å². The lowest BCUT2D eigenvalue weighted by molar-refractivity contribution is -0.274. The second-order valence-electron chi connectivity index (χ2n) is 3.24. The number of benzene rings is 1. The summed E-state index contributed by atoms with van der Waals surface area (Å²) < 4.78 is 44.7. The Kier molecular flexibility index (Phi) is 3.64. The Balaban J connectivity index is 3.02. The van der Waals surface area contributed by atoms with Crippen LogP contribution in [0.25, 0.3) is 0 Å². The molecule has 3 nitrogen and oxygen atoms in total. The third kappa shape index (κ3) is 3.30. The maximum atomic E-state index is 12.0. The second kappa shape index (κ2) is 4.61. The number of hydrogen-bond acceptors (Lipinski definition) is 3. The van der Waals surface area contributed by atoms with Crippen molar-refractivity contribution >= 4 is 0 Å². The van der Waals surface area contributed by atoms with Crippen LogP contribution in [0.4, 0.5) is 13.2 Å². The Morgan fingerprint density at radius 3 is 2.38 bits per heavy atom. The van der Waals surface area contributed by atoms with Crippen LogP contribution in [0, 0.1) is 0 Å². The van der Waals surface area contributed by atoms with Gasteiger partial charge in [0, 0.05) is 11.6 Å². The van der Waals surface area contributed by atoms with Crippen molar-refractivity contribution in [3.8, 4) is 11.5 Å². The number of hydrogen-bond donors (Lipinski definition) is 1. The molecule has 0 fully saturated rings. The molecule has 0 bridgehead atoms. The molecule has 0 radical (unpaired) electrons. The van der Waals surface area contributed by atoms with Crippen LogP contribution in [0.2, 0.25) is 0 Å². The first-order valence-corrected chi connectivity index (χ1v) is 4.52. The van der Waals surface area contributed by atoms with Crippen molar-refractivity contribution in [2.75, 3.05) is 7.11 Å². The molecule has 0 aliphatic rings. The number of alkyl halides is 3. The average Bonchev–Trinajstić information content (AvgIpc) is 2.15. The fourth-order valence-corrected chi connectivity index (χ4v) is 1.27. The Bertz CT molecular complexity index is 364. The van der Waals surface area contributed by atoms with Gasteiger partial charge in [0.2, 0.25) is 0 Å². The highest BCUT2D eigenvalue weighted by Crippen LogP contribution is 2.30. The van der Waals surface area contributed by atoms with Crippen LogP contribution < -0.4 is 15.2 Å². The number of halogens is 3. The maximum Gasteiger partial charge on any atom is 0.573 e. The summed E-state index contributed by atoms with van der Waals surface area (Å²) in [4.78, 5) is 0. The van der Waals surface area contributed by atoms with Crippen molar-refractivity contribution in [1.29, 1.82) is 0 Å². The van der Waals surface area contributed by atoms with E-state index in [0.717, 1.165) is 0 Å². The highest BCUT2D eigenvalue weighted by atomic mass is 19.4. The lowest BCUT2D eigenvalue weighted by Gasteiger charge is -2.14. The number of nitrogens with two attached hydrogens (primary N) is 1. The molecule has 0 aliphatic heterocycles. The Morgan fingerprint density at radius 2 is 1.94 bits per heavy atom. The molecule has 0 heterocycles. The topological polar surface area (TPSA) is 44.5 Å². The first-order valence-electron chi connectivity index (χ1n) is 4.52. The van der Waals surface area contributed by atoms with E-state index in [4.69, 9.17) is 10.5 Å². The predicted octanol–water partition coefficient (Wildman–Crippen LogP) is 2.61. The average molecular weight is 235 g/mol. The monoisotopic (exact) mass is 235 g/mol. The lowest BCUT2D eigenvalue weighted by Crippen LogP contribution is -2.17. The van der Waals surface area contributed by atoms with Gasteiger partial charge in [-0.25, -0.2) is 0 Å². The Labute approximate surface area is 91.0 Å². The summed E-state index contributed by atoms with van der Waals surface area (Å²) in [5.41, 5.74) is 6.07. The minimum Gasteiger partial charge on any atom is -0.496 e. The van der Waals surface area contributed by atoms with E-state index < -0.39 is 12.4 Å². The molecule has 90 valence electrons. The van der Waals surface area contributed by atoms with Crippen molar-refractivity contribution in [1.82, 2.24) is 0 Å². The van der Waals surface area contributed by atoms with Crippen molar-refractivity contribution in [3.63, 3.8) is 0 Å². The first-order chi connectivity index (χ1) is 7.33. The highest BCUT2D eigenvalue weighted by Gasteiger charge is 2.31. The number of ether oxygens (including phenoxy) is 2. The standard InChI is InChI=1S/C10H12F3NO2/c1-6(14)8-5-7(16-10(11,12)13)3-4-9(8)15-2/h3-6H,14H2,1-2H3/t6-/m0/s1. The third-order valence-corrected chi connectivity index (χ3v) is 1.93. The molecular formula is C10H12F3NO2. The molecular weight excluding hydrogens is 223 g/mol. The Morgan fingerprint density at radius 1 is 1.31 bits per heavy atom. The normalized spacial score (nSPS) is 13.4. The molecule has 0 amide bonds. The highest BCUT2D eigenvalue weighted by molar-refractivity contribution is 5.41. The van der Waals surface area contributed by atoms with E-state index in [1.807, 2.05) is 0 Å². The molecule has 1 aromatic rings. The maximum absolute atomic E-state index is 12.0. The molecule has 6 heteroatoms. The van der Waals surface area contributed by atoms with Crippen molar-refractivity contribution in [2.45, 2.75) is 19.3 Å². The summed E-state index contributed by atoms with van der Waals surface area (Å²) in [6.07, 6.45) is -4.70. The Hall–Kier alpha value is -1.43. The third-order valence-electron chi connectivity index (χ3n) is 1.93. The largest absolute Gasteiger partial charge is 0.573 e. The molecule has 0 spiro atoms. The second-order valence-corrected chi connectivity index (χ2v) is 3.24. The van der Waals surface area contributed by atoms with E-state index in [-0.39, 0.29) is 5.75 Å². The number of methoxy groups -OCH3 is 1. The van der Waals surface area contributed by atoms with Crippen LogP contribution in [-0.4, -0.2) is 13.5 Å². The van der Waals surface area contributed by atoms with Gasteiger partial charge >= 0.3 is 6.36 Å². The molecule has 1 rings (SSSR count). The van der Waals surface area contributed by atoms with Gasteiger partial charge in [0.15, 0.2) is 0 Å². The van der Waals surface area contributed by atoms with Crippen LogP contribution in [0.3, 0.4) is 0 Å².